The van der Waals surface area contributed by atoms with Crippen LogP contribution in [-0.2, 0) is 9.53 Å². The van der Waals surface area contributed by atoms with E-state index in [1.165, 1.54) is 19.2 Å². The standard InChI is InChI=1S/C9H9FO2/c1-12-9(6-11)7-4-2-3-5-8(7)10/h2-6,9H,1H3. The van der Waals surface area contributed by atoms with Crippen molar-refractivity contribution >= 4 is 6.29 Å². The highest BCUT2D eigenvalue weighted by atomic mass is 19.1. The molecule has 2 nitrogen and oxygen atoms in total. The molecule has 1 unspecified atom stereocenters. The molecule has 1 atom stereocenters. The Morgan fingerprint density at radius 1 is 1.50 bits per heavy atom. The lowest BCUT2D eigenvalue weighted by Crippen LogP contribution is -2.04. The van der Waals surface area contributed by atoms with Crippen molar-refractivity contribution in [2.75, 3.05) is 7.11 Å². The minimum atomic E-state index is -0.800. The van der Waals surface area contributed by atoms with Gasteiger partial charge >= 0.3 is 0 Å². The molecule has 0 aliphatic carbocycles. The average Bonchev–Trinajstić information content (AvgIpc) is 2.10. The van der Waals surface area contributed by atoms with Gasteiger partial charge in [-0.1, -0.05) is 18.2 Å². The number of carbonyl (C=O) groups excluding carboxylic acids is 1. The van der Waals surface area contributed by atoms with E-state index in [0.717, 1.165) is 0 Å². The molecule has 0 radical (unpaired) electrons. The van der Waals surface area contributed by atoms with E-state index in [0.29, 0.717) is 6.29 Å². The molecule has 1 aromatic carbocycles. The van der Waals surface area contributed by atoms with Crippen LogP contribution in [0, 0.1) is 5.82 Å². The Labute approximate surface area is 70.0 Å². The van der Waals surface area contributed by atoms with Crippen LogP contribution in [0.5, 0.6) is 0 Å². The Balaban J connectivity index is 3.00. The minimum Gasteiger partial charge on any atom is -0.369 e. The fourth-order valence-electron chi connectivity index (χ4n) is 0.962. The largest absolute Gasteiger partial charge is 0.369 e. The van der Waals surface area contributed by atoms with E-state index >= 15 is 0 Å². The van der Waals surface area contributed by atoms with Crippen LogP contribution >= 0.6 is 0 Å². The predicted molar refractivity (Wildman–Crippen MR) is 42.2 cm³/mol. The number of carbonyl (C=O) groups is 1. The summed E-state index contributed by atoms with van der Waals surface area (Å²) in [5, 5.41) is 0. The van der Waals surface area contributed by atoms with E-state index in [9.17, 15) is 9.18 Å². The first-order chi connectivity index (χ1) is 5.79. The lowest BCUT2D eigenvalue weighted by Gasteiger charge is -2.08. The number of hydrogen-bond acceptors (Lipinski definition) is 2. The highest BCUT2D eigenvalue weighted by Gasteiger charge is 2.12. The molecule has 64 valence electrons. The number of rotatable bonds is 3. The number of hydrogen-bond donors (Lipinski definition) is 0. The summed E-state index contributed by atoms with van der Waals surface area (Å²) in [6.07, 6.45) is -0.232. The van der Waals surface area contributed by atoms with Crippen LogP contribution in [0.3, 0.4) is 0 Å². The molecule has 1 aromatic rings. The topological polar surface area (TPSA) is 26.3 Å². The Bertz CT molecular complexity index is 273. The van der Waals surface area contributed by atoms with Gasteiger partial charge in [0.2, 0.25) is 0 Å². The van der Waals surface area contributed by atoms with Crippen LogP contribution in [0.25, 0.3) is 0 Å². The lowest BCUT2D eigenvalue weighted by molar-refractivity contribution is -0.116. The second kappa shape index (κ2) is 3.97. The van der Waals surface area contributed by atoms with Crippen LogP contribution in [0.4, 0.5) is 4.39 Å². The average molecular weight is 168 g/mol. The summed E-state index contributed by atoms with van der Waals surface area (Å²) in [7, 11) is 1.37. The number of aldehydes is 1. The fourth-order valence-corrected chi connectivity index (χ4v) is 0.962. The molecule has 1 rings (SSSR count). The van der Waals surface area contributed by atoms with E-state index in [-0.39, 0.29) is 5.56 Å². The number of halogens is 1. The zero-order chi connectivity index (χ0) is 8.97. The van der Waals surface area contributed by atoms with Gasteiger partial charge in [-0.2, -0.15) is 0 Å². The molecule has 0 saturated carbocycles. The number of benzene rings is 1. The van der Waals surface area contributed by atoms with Gasteiger partial charge in [0.15, 0.2) is 6.29 Å². The summed E-state index contributed by atoms with van der Waals surface area (Å²) in [6.45, 7) is 0. The van der Waals surface area contributed by atoms with E-state index in [1.54, 1.807) is 12.1 Å². The summed E-state index contributed by atoms with van der Waals surface area (Å²) < 4.78 is 17.7. The molecule has 0 aromatic heterocycles. The van der Waals surface area contributed by atoms with Gasteiger partial charge < -0.3 is 9.53 Å². The van der Waals surface area contributed by atoms with Crippen molar-refractivity contribution in [3.8, 4) is 0 Å². The molecule has 0 saturated heterocycles. The molecule has 0 amide bonds. The second-order valence-corrected chi connectivity index (χ2v) is 2.31. The normalized spacial score (nSPS) is 12.5. The molecule has 0 fully saturated rings. The van der Waals surface area contributed by atoms with Crippen molar-refractivity contribution in [2.45, 2.75) is 6.10 Å². The third kappa shape index (κ3) is 1.68. The third-order valence-corrected chi connectivity index (χ3v) is 1.59. The van der Waals surface area contributed by atoms with Crippen LogP contribution in [0.1, 0.15) is 11.7 Å². The summed E-state index contributed by atoms with van der Waals surface area (Å²) in [6, 6.07) is 6.05. The second-order valence-electron chi connectivity index (χ2n) is 2.31. The van der Waals surface area contributed by atoms with E-state index in [1.807, 2.05) is 0 Å². The summed E-state index contributed by atoms with van der Waals surface area (Å²) in [4.78, 5) is 10.4. The molecule has 0 heterocycles. The van der Waals surface area contributed by atoms with Crippen molar-refractivity contribution in [1.29, 1.82) is 0 Å². The van der Waals surface area contributed by atoms with Crippen molar-refractivity contribution in [2.24, 2.45) is 0 Å². The molecule has 0 aliphatic heterocycles. The van der Waals surface area contributed by atoms with Gasteiger partial charge in [-0.3, -0.25) is 0 Å². The summed E-state index contributed by atoms with van der Waals surface area (Å²) >= 11 is 0. The lowest BCUT2D eigenvalue weighted by atomic mass is 10.1. The quantitative estimate of drug-likeness (QED) is 0.642. The number of methoxy groups -OCH3 is 1. The Morgan fingerprint density at radius 2 is 2.17 bits per heavy atom. The monoisotopic (exact) mass is 168 g/mol. The van der Waals surface area contributed by atoms with E-state index < -0.39 is 11.9 Å². The molecule has 12 heavy (non-hydrogen) atoms. The maximum atomic E-state index is 13.0. The van der Waals surface area contributed by atoms with Crippen LogP contribution in [0.15, 0.2) is 24.3 Å². The Hall–Kier alpha value is -1.22. The molecular weight excluding hydrogens is 159 g/mol. The van der Waals surface area contributed by atoms with Gasteiger partial charge in [-0.25, -0.2) is 4.39 Å². The number of ether oxygens (including phenoxy) is 1. The summed E-state index contributed by atoms with van der Waals surface area (Å²) in [5.74, 6) is -0.420. The molecule has 0 aliphatic rings. The van der Waals surface area contributed by atoms with Gasteiger partial charge in [0.1, 0.15) is 11.9 Å². The van der Waals surface area contributed by atoms with Crippen molar-refractivity contribution in [3.63, 3.8) is 0 Å². The van der Waals surface area contributed by atoms with Gasteiger partial charge in [0, 0.05) is 12.7 Å². The zero-order valence-corrected chi connectivity index (χ0v) is 6.66. The first-order valence-electron chi connectivity index (χ1n) is 3.52. The molecule has 0 N–H and O–H groups in total. The molecule has 0 spiro atoms. The molecule has 3 heteroatoms. The zero-order valence-electron chi connectivity index (χ0n) is 6.66. The first kappa shape index (κ1) is 8.87. The van der Waals surface area contributed by atoms with Crippen LogP contribution in [0.2, 0.25) is 0 Å². The highest BCUT2D eigenvalue weighted by Crippen LogP contribution is 2.16. The van der Waals surface area contributed by atoms with E-state index in [2.05, 4.69) is 0 Å². The Morgan fingerprint density at radius 3 is 2.67 bits per heavy atom. The van der Waals surface area contributed by atoms with Crippen molar-refractivity contribution in [1.82, 2.24) is 0 Å². The molecule has 0 bridgehead atoms. The van der Waals surface area contributed by atoms with Gasteiger partial charge in [0.25, 0.3) is 0 Å². The highest BCUT2D eigenvalue weighted by molar-refractivity contribution is 5.59. The maximum Gasteiger partial charge on any atom is 0.153 e. The van der Waals surface area contributed by atoms with Crippen LogP contribution in [-0.4, -0.2) is 13.4 Å². The van der Waals surface area contributed by atoms with Crippen LogP contribution < -0.4 is 0 Å². The SMILES string of the molecule is COC(C=O)c1ccccc1F. The van der Waals surface area contributed by atoms with Crippen molar-refractivity contribution in [3.05, 3.63) is 35.6 Å². The van der Waals surface area contributed by atoms with Gasteiger partial charge in [-0.05, 0) is 6.07 Å². The fraction of sp³-hybridized carbons (Fsp3) is 0.222. The van der Waals surface area contributed by atoms with Crippen molar-refractivity contribution < 1.29 is 13.9 Å². The minimum absolute atomic E-state index is 0.273. The summed E-state index contributed by atoms with van der Waals surface area (Å²) in [5.41, 5.74) is 0.273. The first-order valence-corrected chi connectivity index (χ1v) is 3.52. The smallest absolute Gasteiger partial charge is 0.153 e. The maximum absolute atomic E-state index is 13.0. The van der Waals surface area contributed by atoms with E-state index in [4.69, 9.17) is 4.74 Å². The third-order valence-electron chi connectivity index (χ3n) is 1.59. The Kier molecular flexibility index (Phi) is 2.94. The van der Waals surface area contributed by atoms with Gasteiger partial charge in [0.05, 0.1) is 0 Å². The predicted octanol–water partition coefficient (Wildman–Crippen LogP) is 1.71. The molecular formula is C9H9FO2. The van der Waals surface area contributed by atoms with Gasteiger partial charge in [-0.15, -0.1) is 0 Å².